The fourth-order valence-corrected chi connectivity index (χ4v) is 2.51. The molecule has 158 valence electrons. The third-order valence-electron chi connectivity index (χ3n) is 3.63. The third kappa shape index (κ3) is 8.03. The summed E-state index contributed by atoms with van der Waals surface area (Å²) in [6.45, 7) is 2.52. The first-order valence-corrected chi connectivity index (χ1v) is 9.55. The number of alkyl halides is 3. The molecule has 29 heavy (non-hydrogen) atoms. The molecule has 1 heterocycles. The highest BCUT2D eigenvalue weighted by Crippen LogP contribution is 2.34. The summed E-state index contributed by atoms with van der Waals surface area (Å²) in [6.07, 6.45) is -0.446. The van der Waals surface area contributed by atoms with Crippen molar-refractivity contribution in [1.82, 2.24) is 4.98 Å². The van der Waals surface area contributed by atoms with E-state index in [4.69, 9.17) is 37.4 Å². The number of benzene rings is 1. The highest BCUT2D eigenvalue weighted by atomic mass is 35.5. The summed E-state index contributed by atoms with van der Waals surface area (Å²) in [7, 11) is 0. The van der Waals surface area contributed by atoms with Crippen molar-refractivity contribution in [2.45, 2.75) is 25.9 Å². The lowest BCUT2D eigenvalue weighted by atomic mass is 10.2. The molecule has 0 amide bonds. The molecule has 0 fully saturated rings. The van der Waals surface area contributed by atoms with Crippen LogP contribution in [-0.4, -0.2) is 24.8 Å². The molecular formula is C20H20Cl2F3NO3. The molecule has 4 nitrogen and oxygen atoms in total. The SMILES string of the molecule is C/C(Cl)=C/COc1ccc(OCCCCOc2ncccc2C(F)(F)F)c(Cl)c1. The summed E-state index contributed by atoms with van der Waals surface area (Å²) in [6, 6.07) is 7.21. The number of rotatable bonds is 10. The maximum Gasteiger partial charge on any atom is 0.421 e. The lowest BCUT2D eigenvalue weighted by Crippen LogP contribution is -2.11. The average molecular weight is 450 g/mol. The van der Waals surface area contributed by atoms with Crippen molar-refractivity contribution in [2.75, 3.05) is 19.8 Å². The third-order valence-corrected chi connectivity index (χ3v) is 4.08. The number of unbranched alkanes of at least 4 members (excludes halogenated alkanes) is 1. The number of halogens is 5. The Morgan fingerprint density at radius 2 is 1.83 bits per heavy atom. The second-order valence-electron chi connectivity index (χ2n) is 5.95. The summed E-state index contributed by atoms with van der Waals surface area (Å²) in [4.78, 5) is 3.65. The molecule has 1 aromatic carbocycles. The second-order valence-corrected chi connectivity index (χ2v) is 6.96. The van der Waals surface area contributed by atoms with Crippen LogP contribution in [0.4, 0.5) is 13.2 Å². The number of aromatic nitrogens is 1. The quantitative estimate of drug-likeness (QED) is 0.387. The Bertz CT molecular complexity index is 825. The number of hydrogen-bond acceptors (Lipinski definition) is 4. The maximum atomic E-state index is 12.9. The first kappa shape index (κ1) is 23.2. The van der Waals surface area contributed by atoms with Crippen LogP contribution in [0.1, 0.15) is 25.3 Å². The van der Waals surface area contributed by atoms with Gasteiger partial charge >= 0.3 is 6.18 Å². The molecule has 1 aromatic heterocycles. The van der Waals surface area contributed by atoms with E-state index >= 15 is 0 Å². The van der Waals surface area contributed by atoms with E-state index in [2.05, 4.69) is 4.98 Å². The molecule has 2 rings (SSSR count). The van der Waals surface area contributed by atoms with Gasteiger partial charge in [-0.2, -0.15) is 13.2 Å². The van der Waals surface area contributed by atoms with Gasteiger partial charge in [0.2, 0.25) is 5.88 Å². The average Bonchev–Trinajstić information content (AvgIpc) is 2.65. The van der Waals surface area contributed by atoms with E-state index in [9.17, 15) is 13.2 Å². The number of hydrogen-bond donors (Lipinski definition) is 0. The second kappa shape index (κ2) is 11.2. The van der Waals surface area contributed by atoms with Crippen molar-refractivity contribution in [3.63, 3.8) is 0 Å². The van der Waals surface area contributed by atoms with Crippen LogP contribution in [0.2, 0.25) is 5.02 Å². The van der Waals surface area contributed by atoms with Gasteiger partial charge in [0.25, 0.3) is 0 Å². The van der Waals surface area contributed by atoms with Crippen LogP contribution in [0.5, 0.6) is 17.4 Å². The molecule has 0 aliphatic heterocycles. The lowest BCUT2D eigenvalue weighted by molar-refractivity contribution is -0.139. The van der Waals surface area contributed by atoms with Gasteiger partial charge < -0.3 is 14.2 Å². The molecule has 0 saturated heterocycles. The first-order chi connectivity index (χ1) is 13.8. The maximum absolute atomic E-state index is 12.9. The summed E-state index contributed by atoms with van der Waals surface area (Å²) in [5.74, 6) is 0.660. The molecule has 2 aromatic rings. The molecule has 0 spiro atoms. The minimum atomic E-state index is -4.50. The van der Waals surface area contributed by atoms with Crippen LogP contribution in [0.15, 0.2) is 47.6 Å². The van der Waals surface area contributed by atoms with Gasteiger partial charge in [0.05, 0.1) is 18.2 Å². The summed E-state index contributed by atoms with van der Waals surface area (Å²) in [5, 5.41) is 1.03. The topological polar surface area (TPSA) is 40.6 Å². The normalized spacial score (nSPS) is 12.0. The standard InChI is InChI=1S/C20H20Cl2F3NO3/c1-14(21)8-12-27-15-6-7-18(17(22)13-15)28-10-2-3-11-29-19-16(20(23,24)25)5-4-9-26-19/h4-9,13H,2-3,10-12H2,1H3/b14-8-. The summed E-state index contributed by atoms with van der Waals surface area (Å²) < 4.78 is 54.8. The Balaban J connectivity index is 1.73. The zero-order chi connectivity index (χ0) is 21.3. The molecule has 0 saturated carbocycles. The minimum Gasteiger partial charge on any atom is -0.492 e. The van der Waals surface area contributed by atoms with E-state index in [0.29, 0.717) is 47.6 Å². The highest BCUT2D eigenvalue weighted by molar-refractivity contribution is 6.32. The molecule has 9 heteroatoms. The predicted molar refractivity (Wildman–Crippen MR) is 106 cm³/mol. The Morgan fingerprint density at radius 3 is 2.48 bits per heavy atom. The fourth-order valence-electron chi connectivity index (χ4n) is 2.22. The van der Waals surface area contributed by atoms with Crippen LogP contribution < -0.4 is 14.2 Å². The zero-order valence-corrected chi connectivity index (χ0v) is 17.2. The highest BCUT2D eigenvalue weighted by Gasteiger charge is 2.34. The monoisotopic (exact) mass is 449 g/mol. The van der Waals surface area contributed by atoms with E-state index < -0.39 is 17.6 Å². The molecule has 0 unspecified atom stereocenters. The number of ether oxygens (including phenoxy) is 3. The van der Waals surface area contributed by atoms with Gasteiger partial charge in [-0.1, -0.05) is 23.2 Å². The van der Waals surface area contributed by atoms with E-state index in [1.165, 1.54) is 12.3 Å². The molecule has 0 N–H and O–H groups in total. The fraction of sp³-hybridized carbons (Fsp3) is 0.350. The van der Waals surface area contributed by atoms with Gasteiger partial charge in [-0.15, -0.1) is 0 Å². The van der Waals surface area contributed by atoms with E-state index in [1.807, 2.05) is 0 Å². The summed E-state index contributed by atoms with van der Waals surface area (Å²) >= 11 is 11.9. The largest absolute Gasteiger partial charge is 0.492 e. The number of pyridine rings is 1. The van der Waals surface area contributed by atoms with Gasteiger partial charge in [-0.25, -0.2) is 4.98 Å². The van der Waals surface area contributed by atoms with Crippen molar-refractivity contribution in [1.29, 1.82) is 0 Å². The van der Waals surface area contributed by atoms with Gasteiger partial charge in [0, 0.05) is 17.3 Å². The van der Waals surface area contributed by atoms with E-state index in [0.717, 1.165) is 6.07 Å². The van der Waals surface area contributed by atoms with Crippen LogP contribution in [-0.2, 0) is 6.18 Å². The lowest BCUT2D eigenvalue weighted by Gasteiger charge is -2.13. The van der Waals surface area contributed by atoms with Crippen molar-refractivity contribution in [2.24, 2.45) is 0 Å². The molecule has 0 atom stereocenters. The molecule has 0 aliphatic rings. The van der Waals surface area contributed by atoms with Gasteiger partial charge in [-0.05, 0) is 50.1 Å². The van der Waals surface area contributed by atoms with Gasteiger partial charge in [-0.3, -0.25) is 0 Å². The first-order valence-electron chi connectivity index (χ1n) is 8.80. The molecule has 0 radical (unpaired) electrons. The van der Waals surface area contributed by atoms with Gasteiger partial charge in [0.1, 0.15) is 23.7 Å². The molecule has 0 bridgehead atoms. The Labute approximate surface area is 177 Å². The predicted octanol–water partition coefficient (Wildman–Crippen LogP) is 6.51. The van der Waals surface area contributed by atoms with Crippen LogP contribution >= 0.6 is 23.2 Å². The van der Waals surface area contributed by atoms with Gasteiger partial charge in [0.15, 0.2) is 0 Å². The van der Waals surface area contributed by atoms with E-state index in [-0.39, 0.29) is 6.61 Å². The molecular weight excluding hydrogens is 430 g/mol. The van der Waals surface area contributed by atoms with Crippen LogP contribution in [0.25, 0.3) is 0 Å². The minimum absolute atomic E-state index is 0.0947. The smallest absolute Gasteiger partial charge is 0.421 e. The van der Waals surface area contributed by atoms with Crippen molar-refractivity contribution in [3.05, 3.63) is 58.2 Å². The zero-order valence-electron chi connectivity index (χ0n) is 15.6. The summed E-state index contributed by atoms with van der Waals surface area (Å²) in [5.41, 5.74) is -0.887. The van der Waals surface area contributed by atoms with Crippen molar-refractivity contribution >= 4 is 23.2 Å². The van der Waals surface area contributed by atoms with Crippen LogP contribution in [0.3, 0.4) is 0 Å². The van der Waals surface area contributed by atoms with Crippen LogP contribution in [0, 0.1) is 0 Å². The number of allylic oxidation sites excluding steroid dienone is 1. The number of nitrogens with zero attached hydrogens (tertiary/aromatic N) is 1. The van der Waals surface area contributed by atoms with E-state index in [1.54, 1.807) is 31.2 Å². The van der Waals surface area contributed by atoms with Crippen molar-refractivity contribution < 1.29 is 27.4 Å². The molecule has 0 aliphatic carbocycles. The Kier molecular flexibility index (Phi) is 8.92. The van der Waals surface area contributed by atoms with Crippen molar-refractivity contribution in [3.8, 4) is 17.4 Å². The Hall–Kier alpha value is -2.12. The Morgan fingerprint density at radius 1 is 1.10 bits per heavy atom.